The van der Waals surface area contributed by atoms with Crippen molar-refractivity contribution in [1.82, 2.24) is 0 Å². The topological polar surface area (TPSA) is 0 Å². The predicted molar refractivity (Wildman–Crippen MR) is 196 cm³/mol. The fraction of sp³-hybridized carbons (Fsp3) is 0.826. The Labute approximate surface area is 284 Å². The van der Waals surface area contributed by atoms with Crippen LogP contribution in [-0.2, 0) is 0 Å². The smallest absolute Gasteiger partial charge is 0.00921 e. The summed E-state index contributed by atoms with van der Waals surface area (Å²) in [5.74, 6) is 8.13. The molecule has 0 aromatic carbocycles. The van der Waals surface area contributed by atoms with Crippen molar-refractivity contribution >= 4 is 0 Å². The molecule has 0 aromatic heterocycles. The van der Waals surface area contributed by atoms with Crippen molar-refractivity contribution in [2.75, 3.05) is 0 Å². The molecule has 0 heteroatoms. The van der Waals surface area contributed by atoms with Crippen LogP contribution in [0.15, 0.2) is 46.6 Å². The zero-order valence-corrected chi connectivity index (χ0v) is 32.2. The lowest BCUT2D eigenvalue weighted by atomic mass is 9.52. The van der Waals surface area contributed by atoms with E-state index in [0.717, 1.165) is 35.5 Å². The fourth-order valence-corrected chi connectivity index (χ4v) is 14.4. The Morgan fingerprint density at radius 3 is 1.35 bits per heavy atom. The summed E-state index contributed by atoms with van der Waals surface area (Å²) in [6, 6.07) is 0. The molecule has 0 bridgehead atoms. The first kappa shape index (κ1) is 32.2. The summed E-state index contributed by atoms with van der Waals surface area (Å²) in [5.41, 5.74) is 9.00. The van der Waals surface area contributed by atoms with Crippen molar-refractivity contribution in [3.63, 3.8) is 0 Å². The Hall–Kier alpha value is -1.04. The molecule has 0 nitrogen and oxygen atoms in total. The Kier molecular flexibility index (Phi) is 6.86. The van der Waals surface area contributed by atoms with E-state index in [9.17, 15) is 0 Å². The van der Waals surface area contributed by atoms with Gasteiger partial charge in [0.25, 0.3) is 0 Å². The molecule has 8 rings (SSSR count). The summed E-state index contributed by atoms with van der Waals surface area (Å²) in [6.45, 7) is 31.2. The maximum Gasteiger partial charge on any atom is -0.00921 e. The quantitative estimate of drug-likeness (QED) is 0.273. The van der Waals surface area contributed by atoms with E-state index in [4.69, 9.17) is 0 Å². The van der Waals surface area contributed by atoms with Crippen LogP contribution < -0.4 is 0 Å². The molecule has 8 aliphatic rings. The van der Waals surface area contributed by atoms with E-state index in [-0.39, 0.29) is 21.7 Å². The maximum absolute atomic E-state index is 2.99. The first-order valence-corrected chi connectivity index (χ1v) is 20.2. The van der Waals surface area contributed by atoms with E-state index >= 15 is 0 Å². The van der Waals surface area contributed by atoms with Crippen LogP contribution in [0.3, 0.4) is 0 Å². The molecular formula is C46H70. The lowest BCUT2D eigenvalue weighted by Gasteiger charge is -2.52. The molecule has 0 heterocycles. The minimum atomic E-state index is 0.288. The Balaban J connectivity index is 1.33. The highest BCUT2D eigenvalue weighted by atomic mass is 14.7. The van der Waals surface area contributed by atoms with Gasteiger partial charge in [0.15, 0.2) is 0 Å². The molecule has 0 saturated heterocycles. The second-order valence-corrected chi connectivity index (χ2v) is 22.4. The van der Waals surface area contributed by atoms with Crippen LogP contribution in [0.4, 0.5) is 0 Å². The van der Waals surface area contributed by atoms with Gasteiger partial charge in [-0.05, 0) is 165 Å². The Bertz CT molecular complexity index is 1340. The van der Waals surface area contributed by atoms with Gasteiger partial charge in [0.2, 0.25) is 0 Å². The number of rotatable bonds is 1. The maximum atomic E-state index is 2.99. The van der Waals surface area contributed by atoms with Gasteiger partial charge in [-0.1, -0.05) is 120 Å². The molecular weight excluding hydrogens is 553 g/mol. The van der Waals surface area contributed by atoms with Crippen molar-refractivity contribution < 1.29 is 0 Å². The van der Waals surface area contributed by atoms with Crippen molar-refractivity contribution in [2.24, 2.45) is 91.7 Å². The zero-order chi connectivity index (χ0) is 33.0. The minimum absolute atomic E-state index is 0.288. The molecule has 0 amide bonds. The first-order chi connectivity index (χ1) is 21.3. The minimum Gasteiger partial charge on any atom is -0.0764 e. The lowest BCUT2D eigenvalue weighted by molar-refractivity contribution is 0.00187. The third-order valence-electron chi connectivity index (χ3n) is 17.4. The van der Waals surface area contributed by atoms with Gasteiger partial charge in [0.05, 0.1) is 0 Å². The molecule has 10 atom stereocenters. The molecule has 254 valence electrons. The molecule has 6 saturated carbocycles. The molecule has 0 aromatic rings. The Morgan fingerprint density at radius 1 is 0.500 bits per heavy atom. The fourth-order valence-electron chi connectivity index (χ4n) is 14.4. The van der Waals surface area contributed by atoms with Crippen LogP contribution in [0.5, 0.6) is 0 Å². The third kappa shape index (κ3) is 4.34. The summed E-state index contributed by atoms with van der Waals surface area (Å²) in [5, 5.41) is 0. The van der Waals surface area contributed by atoms with Gasteiger partial charge in [-0.2, -0.15) is 0 Å². The summed E-state index contributed by atoms with van der Waals surface area (Å²) >= 11 is 0. The average molecular weight is 623 g/mol. The van der Waals surface area contributed by atoms with E-state index in [1.807, 2.05) is 0 Å². The SMILES string of the molecule is CC1(C)CCC(C)(C)C2=CC3C(C=C21)C1C=C2C(=CC1C3C1(C)C3CC(C(C)(C)C)CC3[C@H]3CCCC[C@H]31)C(C)(C)CCC2(C)C. The molecule has 8 aliphatic carbocycles. The highest BCUT2D eigenvalue weighted by molar-refractivity contribution is 5.51. The first-order valence-electron chi connectivity index (χ1n) is 20.2. The molecule has 8 unspecified atom stereocenters. The highest BCUT2D eigenvalue weighted by Gasteiger charge is 2.68. The van der Waals surface area contributed by atoms with Crippen molar-refractivity contribution in [2.45, 2.75) is 147 Å². The molecule has 0 spiro atoms. The van der Waals surface area contributed by atoms with E-state index in [1.165, 1.54) is 64.2 Å². The Morgan fingerprint density at radius 2 is 0.913 bits per heavy atom. The number of hydrogen-bond acceptors (Lipinski definition) is 0. The van der Waals surface area contributed by atoms with Gasteiger partial charge >= 0.3 is 0 Å². The van der Waals surface area contributed by atoms with Crippen LogP contribution in [0, 0.1) is 91.7 Å². The van der Waals surface area contributed by atoms with Gasteiger partial charge in [-0.25, -0.2) is 0 Å². The van der Waals surface area contributed by atoms with Crippen LogP contribution >= 0.6 is 0 Å². The summed E-state index contributed by atoms with van der Waals surface area (Å²) in [7, 11) is 0. The molecule has 0 radical (unpaired) electrons. The molecule has 46 heavy (non-hydrogen) atoms. The highest BCUT2D eigenvalue weighted by Crippen LogP contribution is 2.75. The van der Waals surface area contributed by atoms with Crippen molar-refractivity contribution in [1.29, 1.82) is 0 Å². The van der Waals surface area contributed by atoms with E-state index in [2.05, 4.69) is 107 Å². The van der Waals surface area contributed by atoms with Crippen LogP contribution in [0.2, 0.25) is 0 Å². The van der Waals surface area contributed by atoms with Crippen molar-refractivity contribution in [3.8, 4) is 0 Å². The van der Waals surface area contributed by atoms with Gasteiger partial charge in [-0.15, -0.1) is 0 Å². The van der Waals surface area contributed by atoms with Gasteiger partial charge in [0.1, 0.15) is 0 Å². The lowest BCUT2D eigenvalue weighted by Crippen LogP contribution is -2.45. The van der Waals surface area contributed by atoms with Crippen LogP contribution in [-0.4, -0.2) is 0 Å². The van der Waals surface area contributed by atoms with Crippen LogP contribution in [0.1, 0.15) is 147 Å². The predicted octanol–water partition coefficient (Wildman–Crippen LogP) is 13.0. The summed E-state index contributed by atoms with van der Waals surface area (Å²) in [6.07, 6.45) is 26.2. The normalized spacial score (nSPS) is 47.6. The summed E-state index contributed by atoms with van der Waals surface area (Å²) in [4.78, 5) is 0. The van der Waals surface area contributed by atoms with E-state index < -0.39 is 0 Å². The van der Waals surface area contributed by atoms with Gasteiger partial charge < -0.3 is 0 Å². The molecule has 0 N–H and O–H groups in total. The number of allylic oxidation sites excluding steroid dienone is 8. The van der Waals surface area contributed by atoms with Gasteiger partial charge in [0, 0.05) is 0 Å². The standard InChI is InChI=1S/C46H70/c1-41(2,3)27-21-31-28-15-13-14-16-34(28)46(12,35(31)22-27)40-32-25-38-36(42(4,5)17-19-44(38,8)9)23-29(32)30-24-37-39(26-33(30)40)45(10,11)20-18-43(37,6)7/h23-35,40H,13-22H2,1-12H3/t27?,28-,29?,30?,31?,32?,33?,34-,35?,40?,46?/m1/s1. The monoisotopic (exact) mass is 623 g/mol. The third-order valence-corrected chi connectivity index (χ3v) is 17.4. The number of fused-ring (bicyclic) bond motifs is 8. The van der Waals surface area contributed by atoms with Crippen LogP contribution in [0.25, 0.3) is 0 Å². The summed E-state index contributed by atoms with van der Waals surface area (Å²) < 4.78 is 0. The van der Waals surface area contributed by atoms with Gasteiger partial charge in [-0.3, -0.25) is 0 Å². The largest absolute Gasteiger partial charge is 0.0764 e. The van der Waals surface area contributed by atoms with E-state index in [1.54, 1.807) is 22.3 Å². The molecule has 0 aliphatic heterocycles. The molecule has 6 fully saturated rings. The van der Waals surface area contributed by atoms with Crippen molar-refractivity contribution in [3.05, 3.63) is 46.6 Å². The number of hydrogen-bond donors (Lipinski definition) is 0. The second kappa shape index (κ2) is 9.81. The zero-order valence-electron chi connectivity index (χ0n) is 32.2. The average Bonchev–Trinajstić information content (AvgIpc) is 3.63. The van der Waals surface area contributed by atoms with E-state index in [0.29, 0.717) is 34.5 Å². The second-order valence-electron chi connectivity index (χ2n) is 22.4.